The van der Waals surface area contributed by atoms with Crippen molar-refractivity contribution in [2.24, 2.45) is 0 Å². The number of ether oxygens (including phenoxy) is 1. The molecule has 1 amide bonds. The predicted molar refractivity (Wildman–Crippen MR) is 97.1 cm³/mol. The third-order valence-electron chi connectivity index (χ3n) is 4.48. The lowest BCUT2D eigenvalue weighted by atomic mass is 9.97. The third-order valence-corrected chi connectivity index (χ3v) is 4.48. The van der Waals surface area contributed by atoms with E-state index in [0.717, 1.165) is 24.1 Å². The van der Waals surface area contributed by atoms with E-state index in [0.29, 0.717) is 18.9 Å². The Kier molecular flexibility index (Phi) is 5.31. The number of carbonyl (C=O) groups excluding carboxylic acids is 1. The van der Waals surface area contributed by atoms with Gasteiger partial charge < -0.3 is 10.1 Å². The van der Waals surface area contributed by atoms with Gasteiger partial charge in [0.05, 0.1) is 12.7 Å². The zero-order valence-corrected chi connectivity index (χ0v) is 14.4. The molecule has 2 aromatic rings. The number of anilines is 1. The van der Waals surface area contributed by atoms with Crippen molar-refractivity contribution in [1.82, 2.24) is 0 Å². The van der Waals surface area contributed by atoms with Crippen molar-refractivity contribution in [2.45, 2.75) is 51.7 Å². The minimum atomic E-state index is 0.0821. The first-order valence-electron chi connectivity index (χ1n) is 8.70. The van der Waals surface area contributed by atoms with Crippen LogP contribution in [-0.4, -0.2) is 12.0 Å². The molecule has 126 valence electrons. The largest absolute Gasteiger partial charge is 0.374 e. The highest BCUT2D eigenvalue weighted by Gasteiger charge is 2.24. The molecule has 0 spiro atoms. The number of carbonyl (C=O) groups is 1. The van der Waals surface area contributed by atoms with E-state index < -0.39 is 0 Å². The molecule has 0 saturated carbocycles. The van der Waals surface area contributed by atoms with Crippen LogP contribution in [0.5, 0.6) is 0 Å². The van der Waals surface area contributed by atoms with Gasteiger partial charge in [0.2, 0.25) is 5.91 Å². The summed E-state index contributed by atoms with van der Waals surface area (Å²) in [6, 6.07) is 16.4. The highest BCUT2D eigenvalue weighted by atomic mass is 16.5. The summed E-state index contributed by atoms with van der Waals surface area (Å²) < 4.78 is 5.62. The SMILES string of the molecule is CC(C)OCc1cccc(NC(=O)CC2CCc3ccccc32)c1. The van der Waals surface area contributed by atoms with Crippen molar-refractivity contribution in [1.29, 1.82) is 0 Å². The number of aryl methyl sites for hydroxylation is 1. The minimum absolute atomic E-state index is 0.0821. The van der Waals surface area contributed by atoms with Gasteiger partial charge in [-0.3, -0.25) is 4.79 Å². The van der Waals surface area contributed by atoms with Crippen LogP contribution < -0.4 is 5.32 Å². The minimum Gasteiger partial charge on any atom is -0.374 e. The van der Waals surface area contributed by atoms with Gasteiger partial charge in [0.25, 0.3) is 0 Å². The maximum absolute atomic E-state index is 12.4. The fourth-order valence-electron chi connectivity index (χ4n) is 3.29. The summed E-state index contributed by atoms with van der Waals surface area (Å²) in [6.07, 6.45) is 2.89. The summed E-state index contributed by atoms with van der Waals surface area (Å²) in [6.45, 7) is 4.60. The first-order chi connectivity index (χ1) is 11.6. The molecule has 0 saturated heterocycles. The second-order valence-electron chi connectivity index (χ2n) is 6.75. The molecule has 0 heterocycles. The molecule has 3 heteroatoms. The topological polar surface area (TPSA) is 38.3 Å². The standard InChI is InChI=1S/C21H25NO2/c1-15(2)24-14-16-6-5-8-19(12-16)22-21(23)13-18-11-10-17-7-3-4-9-20(17)18/h3-9,12,15,18H,10-11,13-14H2,1-2H3,(H,22,23). The smallest absolute Gasteiger partial charge is 0.224 e. The average Bonchev–Trinajstić information content (AvgIpc) is 2.96. The van der Waals surface area contributed by atoms with Crippen LogP contribution in [0.3, 0.4) is 0 Å². The Bertz CT molecular complexity index is 708. The molecule has 1 atom stereocenters. The van der Waals surface area contributed by atoms with Crippen LogP contribution in [0.4, 0.5) is 5.69 Å². The summed E-state index contributed by atoms with van der Waals surface area (Å²) >= 11 is 0. The molecule has 1 aliphatic carbocycles. The number of benzene rings is 2. The zero-order chi connectivity index (χ0) is 16.9. The lowest BCUT2D eigenvalue weighted by molar-refractivity contribution is -0.116. The van der Waals surface area contributed by atoms with Crippen molar-refractivity contribution in [3.05, 3.63) is 65.2 Å². The molecule has 0 aromatic heterocycles. The summed E-state index contributed by atoms with van der Waals surface area (Å²) in [5.74, 6) is 0.423. The highest BCUT2D eigenvalue weighted by molar-refractivity contribution is 5.91. The lowest BCUT2D eigenvalue weighted by Crippen LogP contribution is -2.15. The summed E-state index contributed by atoms with van der Waals surface area (Å²) in [7, 11) is 0. The van der Waals surface area contributed by atoms with Gasteiger partial charge in [0, 0.05) is 12.1 Å². The fourth-order valence-corrected chi connectivity index (χ4v) is 3.29. The number of fused-ring (bicyclic) bond motifs is 1. The fraction of sp³-hybridized carbons (Fsp3) is 0.381. The molecule has 1 unspecified atom stereocenters. The van der Waals surface area contributed by atoms with E-state index in [2.05, 4.69) is 29.6 Å². The second-order valence-corrected chi connectivity index (χ2v) is 6.75. The van der Waals surface area contributed by atoms with E-state index in [9.17, 15) is 4.79 Å². The Balaban J connectivity index is 1.58. The van der Waals surface area contributed by atoms with E-state index in [-0.39, 0.29) is 12.0 Å². The van der Waals surface area contributed by atoms with Gasteiger partial charge in [-0.15, -0.1) is 0 Å². The number of nitrogens with one attached hydrogen (secondary N) is 1. The molecular weight excluding hydrogens is 298 g/mol. The summed E-state index contributed by atoms with van der Waals surface area (Å²) in [5.41, 5.74) is 4.65. The average molecular weight is 323 g/mol. The van der Waals surface area contributed by atoms with E-state index >= 15 is 0 Å². The van der Waals surface area contributed by atoms with Crippen LogP contribution in [-0.2, 0) is 22.6 Å². The Labute approximate surface area is 144 Å². The molecule has 0 radical (unpaired) electrons. The lowest BCUT2D eigenvalue weighted by Gasteiger charge is -2.13. The van der Waals surface area contributed by atoms with Crippen molar-refractivity contribution in [3.63, 3.8) is 0 Å². The normalized spacial score (nSPS) is 16.2. The van der Waals surface area contributed by atoms with E-state index in [1.807, 2.05) is 38.1 Å². The predicted octanol–water partition coefficient (Wildman–Crippen LogP) is 4.67. The number of amides is 1. The monoisotopic (exact) mass is 323 g/mol. The first kappa shape index (κ1) is 16.7. The molecule has 0 fully saturated rings. The van der Waals surface area contributed by atoms with Crippen LogP contribution >= 0.6 is 0 Å². The third kappa shape index (κ3) is 4.24. The van der Waals surface area contributed by atoms with Crippen LogP contribution in [0.2, 0.25) is 0 Å². The molecular formula is C21H25NO2. The Morgan fingerprint density at radius 1 is 1.21 bits per heavy atom. The Morgan fingerprint density at radius 3 is 2.88 bits per heavy atom. The second kappa shape index (κ2) is 7.63. The highest BCUT2D eigenvalue weighted by Crippen LogP contribution is 2.35. The van der Waals surface area contributed by atoms with Crippen LogP contribution in [0, 0.1) is 0 Å². The molecule has 0 bridgehead atoms. The summed E-state index contributed by atoms with van der Waals surface area (Å²) in [4.78, 5) is 12.4. The molecule has 3 nitrogen and oxygen atoms in total. The maximum Gasteiger partial charge on any atom is 0.224 e. The van der Waals surface area contributed by atoms with Crippen molar-refractivity contribution >= 4 is 11.6 Å². The number of hydrogen-bond donors (Lipinski definition) is 1. The van der Waals surface area contributed by atoms with Crippen LogP contribution in [0.15, 0.2) is 48.5 Å². The number of hydrogen-bond acceptors (Lipinski definition) is 2. The molecule has 0 aliphatic heterocycles. The molecule has 3 rings (SSSR count). The van der Waals surface area contributed by atoms with E-state index in [1.54, 1.807) is 0 Å². The van der Waals surface area contributed by atoms with E-state index in [4.69, 9.17) is 4.74 Å². The molecule has 1 N–H and O–H groups in total. The van der Waals surface area contributed by atoms with Gasteiger partial charge >= 0.3 is 0 Å². The zero-order valence-electron chi connectivity index (χ0n) is 14.4. The van der Waals surface area contributed by atoms with Crippen molar-refractivity contribution in [2.75, 3.05) is 5.32 Å². The van der Waals surface area contributed by atoms with Gasteiger partial charge in [-0.1, -0.05) is 36.4 Å². The van der Waals surface area contributed by atoms with Gasteiger partial charge in [-0.2, -0.15) is 0 Å². The molecule has 1 aliphatic rings. The van der Waals surface area contributed by atoms with Gasteiger partial charge in [-0.25, -0.2) is 0 Å². The van der Waals surface area contributed by atoms with Crippen molar-refractivity contribution < 1.29 is 9.53 Å². The van der Waals surface area contributed by atoms with Crippen molar-refractivity contribution in [3.8, 4) is 0 Å². The Morgan fingerprint density at radius 2 is 2.04 bits per heavy atom. The van der Waals surface area contributed by atoms with E-state index in [1.165, 1.54) is 11.1 Å². The molecule has 2 aromatic carbocycles. The quantitative estimate of drug-likeness (QED) is 0.839. The number of rotatable bonds is 6. The van der Waals surface area contributed by atoms with Crippen LogP contribution in [0.25, 0.3) is 0 Å². The maximum atomic E-state index is 12.4. The molecule has 24 heavy (non-hydrogen) atoms. The van der Waals surface area contributed by atoms with Gasteiger partial charge in [-0.05, 0) is 61.4 Å². The van der Waals surface area contributed by atoms with Gasteiger partial charge in [0.1, 0.15) is 0 Å². The first-order valence-corrected chi connectivity index (χ1v) is 8.70. The van der Waals surface area contributed by atoms with Crippen LogP contribution in [0.1, 0.15) is 49.3 Å². The Hall–Kier alpha value is -2.13. The summed E-state index contributed by atoms with van der Waals surface area (Å²) in [5, 5.41) is 3.03. The van der Waals surface area contributed by atoms with Gasteiger partial charge in [0.15, 0.2) is 0 Å².